The Balaban J connectivity index is 3.30. The summed E-state index contributed by atoms with van der Waals surface area (Å²) in [5.74, 6) is 0.593. The van der Waals surface area contributed by atoms with Gasteiger partial charge in [0.05, 0.1) is 7.11 Å². The number of ether oxygens (including phenoxy) is 1. The second-order valence-corrected chi connectivity index (χ2v) is 4.95. The summed E-state index contributed by atoms with van der Waals surface area (Å²) in [7, 11) is 1.53. The van der Waals surface area contributed by atoms with Crippen molar-refractivity contribution in [1.29, 1.82) is 0 Å². The molecule has 0 bridgehead atoms. The molecule has 0 atom stereocenters. The van der Waals surface area contributed by atoms with Crippen LogP contribution >= 0.6 is 15.9 Å². The number of methoxy groups -OCH3 is 1. The second kappa shape index (κ2) is 4.41. The van der Waals surface area contributed by atoms with Gasteiger partial charge in [-0.3, -0.25) is 0 Å². The van der Waals surface area contributed by atoms with Crippen molar-refractivity contribution < 1.29 is 9.84 Å². The molecular formula is C11H16BrNO2. The monoisotopic (exact) mass is 273 g/mol. The molecule has 1 rings (SSSR count). The SMILES string of the molecule is COc1cc(C(C)(C)CN)c(Br)cc1O. The van der Waals surface area contributed by atoms with E-state index in [0.717, 1.165) is 10.0 Å². The lowest BCUT2D eigenvalue weighted by Crippen LogP contribution is -2.28. The Hall–Kier alpha value is -0.740. The Morgan fingerprint density at radius 3 is 2.53 bits per heavy atom. The van der Waals surface area contributed by atoms with Crippen LogP contribution in [-0.4, -0.2) is 18.8 Å². The standard InChI is InChI=1S/C11H16BrNO2/c1-11(2,6-13)7-4-10(15-3)9(14)5-8(7)12/h4-5,14H,6,13H2,1-3H3. The van der Waals surface area contributed by atoms with Crippen LogP contribution in [0.2, 0.25) is 0 Å². The van der Waals surface area contributed by atoms with Crippen molar-refractivity contribution in [3.63, 3.8) is 0 Å². The van der Waals surface area contributed by atoms with Crippen LogP contribution in [0.4, 0.5) is 0 Å². The van der Waals surface area contributed by atoms with Crippen LogP contribution in [0.5, 0.6) is 11.5 Å². The predicted octanol–water partition coefficient (Wildman–Crippen LogP) is 2.40. The van der Waals surface area contributed by atoms with Gasteiger partial charge in [-0.1, -0.05) is 29.8 Å². The van der Waals surface area contributed by atoms with Crippen LogP contribution in [0.25, 0.3) is 0 Å². The van der Waals surface area contributed by atoms with Gasteiger partial charge in [-0.05, 0) is 17.7 Å². The summed E-state index contributed by atoms with van der Waals surface area (Å²) in [6.07, 6.45) is 0. The molecule has 4 heteroatoms. The van der Waals surface area contributed by atoms with Crippen molar-refractivity contribution in [2.75, 3.05) is 13.7 Å². The highest BCUT2D eigenvalue weighted by Crippen LogP contribution is 2.37. The fraction of sp³-hybridized carbons (Fsp3) is 0.455. The van der Waals surface area contributed by atoms with Gasteiger partial charge in [0, 0.05) is 16.4 Å². The Bertz CT molecular complexity index is 364. The number of phenolic OH excluding ortho intramolecular Hbond substituents is 1. The fourth-order valence-electron chi connectivity index (χ4n) is 1.33. The summed E-state index contributed by atoms with van der Waals surface area (Å²) < 4.78 is 5.91. The molecule has 0 radical (unpaired) electrons. The van der Waals surface area contributed by atoms with E-state index in [4.69, 9.17) is 10.5 Å². The van der Waals surface area contributed by atoms with Gasteiger partial charge in [-0.25, -0.2) is 0 Å². The number of hydrogen-bond donors (Lipinski definition) is 2. The molecule has 0 saturated carbocycles. The molecule has 0 aliphatic heterocycles. The lowest BCUT2D eigenvalue weighted by molar-refractivity contribution is 0.371. The maximum absolute atomic E-state index is 9.57. The number of halogens is 1. The summed E-state index contributed by atoms with van der Waals surface area (Å²) in [4.78, 5) is 0. The van der Waals surface area contributed by atoms with Crippen LogP contribution < -0.4 is 10.5 Å². The van der Waals surface area contributed by atoms with E-state index in [2.05, 4.69) is 15.9 Å². The van der Waals surface area contributed by atoms with Crippen LogP contribution in [-0.2, 0) is 5.41 Å². The molecule has 84 valence electrons. The molecule has 0 amide bonds. The first-order valence-electron chi connectivity index (χ1n) is 4.69. The lowest BCUT2D eigenvalue weighted by atomic mass is 9.84. The van der Waals surface area contributed by atoms with Gasteiger partial charge in [-0.15, -0.1) is 0 Å². The minimum Gasteiger partial charge on any atom is -0.504 e. The van der Waals surface area contributed by atoms with Crippen LogP contribution in [0.3, 0.4) is 0 Å². The molecule has 0 unspecified atom stereocenters. The highest BCUT2D eigenvalue weighted by Gasteiger charge is 2.23. The van der Waals surface area contributed by atoms with Gasteiger partial charge in [0.1, 0.15) is 0 Å². The number of rotatable bonds is 3. The minimum absolute atomic E-state index is 0.126. The summed E-state index contributed by atoms with van der Waals surface area (Å²) in [6, 6.07) is 3.44. The zero-order valence-electron chi connectivity index (χ0n) is 9.17. The van der Waals surface area contributed by atoms with E-state index < -0.39 is 0 Å². The second-order valence-electron chi connectivity index (χ2n) is 4.09. The van der Waals surface area contributed by atoms with E-state index in [0.29, 0.717) is 12.3 Å². The molecule has 0 spiro atoms. The third-order valence-corrected chi connectivity index (χ3v) is 3.16. The molecule has 3 nitrogen and oxygen atoms in total. The number of hydrogen-bond acceptors (Lipinski definition) is 3. The average molecular weight is 274 g/mol. The molecule has 0 fully saturated rings. The first kappa shape index (κ1) is 12.3. The van der Waals surface area contributed by atoms with E-state index in [1.165, 1.54) is 7.11 Å². The van der Waals surface area contributed by atoms with E-state index in [9.17, 15) is 5.11 Å². The van der Waals surface area contributed by atoms with Crippen molar-refractivity contribution in [3.8, 4) is 11.5 Å². The van der Waals surface area contributed by atoms with Gasteiger partial charge >= 0.3 is 0 Å². The Morgan fingerprint density at radius 2 is 2.07 bits per heavy atom. The van der Waals surface area contributed by atoms with Gasteiger partial charge in [0.2, 0.25) is 0 Å². The Kier molecular flexibility index (Phi) is 3.62. The summed E-state index contributed by atoms with van der Waals surface area (Å²) >= 11 is 3.42. The van der Waals surface area contributed by atoms with Gasteiger partial charge < -0.3 is 15.6 Å². The highest BCUT2D eigenvalue weighted by molar-refractivity contribution is 9.10. The van der Waals surface area contributed by atoms with Crippen molar-refractivity contribution in [3.05, 3.63) is 22.2 Å². The number of benzene rings is 1. The van der Waals surface area contributed by atoms with Gasteiger partial charge in [0.15, 0.2) is 11.5 Å². The van der Waals surface area contributed by atoms with Crippen molar-refractivity contribution in [2.24, 2.45) is 5.73 Å². The molecule has 15 heavy (non-hydrogen) atoms. The lowest BCUT2D eigenvalue weighted by Gasteiger charge is -2.25. The fourth-order valence-corrected chi connectivity index (χ4v) is 2.20. The summed E-state index contributed by atoms with van der Waals surface area (Å²) in [5.41, 5.74) is 6.59. The molecule has 0 heterocycles. The zero-order chi connectivity index (χ0) is 11.6. The predicted molar refractivity (Wildman–Crippen MR) is 64.4 cm³/mol. The molecule has 1 aromatic rings. The highest BCUT2D eigenvalue weighted by atomic mass is 79.9. The van der Waals surface area contributed by atoms with Crippen LogP contribution in [0.15, 0.2) is 16.6 Å². The number of phenols is 1. The number of nitrogens with two attached hydrogens (primary N) is 1. The third kappa shape index (κ3) is 2.44. The van der Waals surface area contributed by atoms with E-state index >= 15 is 0 Å². The van der Waals surface area contributed by atoms with E-state index in [1.54, 1.807) is 6.07 Å². The number of aromatic hydroxyl groups is 1. The van der Waals surface area contributed by atoms with Gasteiger partial charge in [-0.2, -0.15) is 0 Å². The zero-order valence-corrected chi connectivity index (χ0v) is 10.8. The Labute approximate surface area is 98.4 Å². The smallest absolute Gasteiger partial charge is 0.160 e. The summed E-state index contributed by atoms with van der Waals surface area (Å²) in [6.45, 7) is 4.62. The minimum atomic E-state index is -0.153. The first-order chi connectivity index (χ1) is 6.92. The first-order valence-corrected chi connectivity index (χ1v) is 5.48. The third-order valence-electron chi connectivity index (χ3n) is 2.51. The van der Waals surface area contributed by atoms with Crippen molar-refractivity contribution in [1.82, 2.24) is 0 Å². The molecule has 0 saturated heterocycles. The molecule has 0 aliphatic rings. The molecule has 0 aromatic heterocycles. The van der Waals surface area contributed by atoms with Crippen molar-refractivity contribution in [2.45, 2.75) is 19.3 Å². The van der Waals surface area contributed by atoms with Crippen LogP contribution in [0, 0.1) is 0 Å². The topological polar surface area (TPSA) is 55.5 Å². The normalized spacial score (nSPS) is 11.5. The Morgan fingerprint density at radius 1 is 1.47 bits per heavy atom. The largest absolute Gasteiger partial charge is 0.504 e. The van der Waals surface area contributed by atoms with E-state index in [-0.39, 0.29) is 11.2 Å². The van der Waals surface area contributed by atoms with E-state index in [1.807, 2.05) is 19.9 Å². The maximum Gasteiger partial charge on any atom is 0.160 e. The molecule has 3 N–H and O–H groups in total. The summed E-state index contributed by atoms with van der Waals surface area (Å²) in [5, 5.41) is 9.57. The quantitative estimate of drug-likeness (QED) is 0.889. The molecule has 1 aromatic carbocycles. The van der Waals surface area contributed by atoms with Crippen molar-refractivity contribution >= 4 is 15.9 Å². The molecule has 0 aliphatic carbocycles. The van der Waals surface area contributed by atoms with Gasteiger partial charge in [0.25, 0.3) is 0 Å². The molecular weight excluding hydrogens is 258 g/mol. The average Bonchev–Trinajstić information content (AvgIpc) is 2.17. The maximum atomic E-state index is 9.57. The van der Waals surface area contributed by atoms with Crippen LogP contribution in [0.1, 0.15) is 19.4 Å².